The first-order valence-corrected chi connectivity index (χ1v) is 5.81. The van der Waals surface area contributed by atoms with Crippen LogP contribution < -0.4 is 5.43 Å². The minimum Gasteiger partial charge on any atom is -0.443 e. The number of carbonyl (C=O) groups excluding carboxylic acids is 2. The van der Waals surface area contributed by atoms with E-state index in [4.69, 9.17) is 4.74 Å². The Balaban J connectivity index is 2.92. The lowest BCUT2D eigenvalue weighted by atomic mass is 10.2. The molecule has 1 aromatic heterocycles. The van der Waals surface area contributed by atoms with Gasteiger partial charge in [0.1, 0.15) is 5.60 Å². The van der Waals surface area contributed by atoms with Crippen molar-refractivity contribution >= 4 is 11.9 Å². The Hall–Kier alpha value is -1.78. The topological polar surface area (TPSA) is 60.3 Å². The SMILES string of the molecule is CC(=O)c1cc(C)n(NC(=O)OC(C)(C)C)c1C. The van der Waals surface area contributed by atoms with Crippen LogP contribution in [0.2, 0.25) is 0 Å². The molecule has 0 saturated carbocycles. The number of aromatic nitrogens is 1. The molecule has 1 N–H and O–H groups in total. The summed E-state index contributed by atoms with van der Waals surface area (Å²) in [4.78, 5) is 23.1. The molecule has 100 valence electrons. The second-order valence-electron chi connectivity index (χ2n) is 5.29. The predicted octanol–water partition coefficient (Wildman–Crippen LogP) is 2.79. The van der Waals surface area contributed by atoms with Crippen LogP contribution in [0.3, 0.4) is 0 Å². The number of amides is 1. The highest BCUT2D eigenvalue weighted by Crippen LogP contribution is 2.15. The van der Waals surface area contributed by atoms with Gasteiger partial charge in [0, 0.05) is 17.0 Å². The first kappa shape index (κ1) is 14.3. The molecule has 1 heterocycles. The zero-order valence-corrected chi connectivity index (χ0v) is 11.7. The quantitative estimate of drug-likeness (QED) is 0.823. The van der Waals surface area contributed by atoms with Gasteiger partial charge in [-0.15, -0.1) is 0 Å². The second-order valence-corrected chi connectivity index (χ2v) is 5.29. The van der Waals surface area contributed by atoms with Crippen LogP contribution in [0.4, 0.5) is 4.79 Å². The van der Waals surface area contributed by atoms with Gasteiger partial charge in [-0.1, -0.05) is 0 Å². The number of hydrogen-bond donors (Lipinski definition) is 1. The Labute approximate surface area is 107 Å². The number of carbonyl (C=O) groups is 2. The summed E-state index contributed by atoms with van der Waals surface area (Å²) in [5.74, 6) is -0.0275. The Kier molecular flexibility index (Phi) is 3.84. The van der Waals surface area contributed by atoms with Crippen molar-refractivity contribution in [1.29, 1.82) is 0 Å². The van der Waals surface area contributed by atoms with E-state index >= 15 is 0 Å². The average molecular weight is 252 g/mol. The fourth-order valence-electron chi connectivity index (χ4n) is 1.68. The lowest BCUT2D eigenvalue weighted by Gasteiger charge is -2.21. The number of aryl methyl sites for hydroxylation is 1. The van der Waals surface area contributed by atoms with Crippen LogP contribution in [0.1, 0.15) is 49.4 Å². The molecule has 0 radical (unpaired) electrons. The van der Waals surface area contributed by atoms with Gasteiger partial charge < -0.3 is 4.74 Å². The van der Waals surface area contributed by atoms with Crippen molar-refractivity contribution in [2.45, 2.75) is 47.1 Å². The molecule has 0 aliphatic heterocycles. The average Bonchev–Trinajstić information content (AvgIpc) is 2.42. The van der Waals surface area contributed by atoms with Crippen molar-refractivity contribution in [2.75, 3.05) is 5.43 Å². The van der Waals surface area contributed by atoms with E-state index in [1.54, 1.807) is 38.4 Å². The van der Waals surface area contributed by atoms with Crippen molar-refractivity contribution in [3.05, 3.63) is 23.0 Å². The standard InChI is InChI=1S/C13H20N2O3/c1-8-7-11(10(3)16)9(2)15(8)14-12(17)18-13(4,5)6/h7H,1-6H3,(H,14,17). The smallest absolute Gasteiger partial charge is 0.426 e. The second kappa shape index (κ2) is 4.84. The third-order valence-corrected chi connectivity index (χ3v) is 2.41. The molecule has 5 nitrogen and oxygen atoms in total. The van der Waals surface area contributed by atoms with Crippen molar-refractivity contribution < 1.29 is 14.3 Å². The number of Topliss-reactive ketones (excluding diaryl/α,β-unsaturated/α-hetero) is 1. The van der Waals surface area contributed by atoms with Crippen LogP contribution in [0.15, 0.2) is 6.07 Å². The minimum absolute atomic E-state index is 0.0275. The highest BCUT2D eigenvalue weighted by Gasteiger charge is 2.19. The van der Waals surface area contributed by atoms with E-state index in [0.29, 0.717) is 11.3 Å². The van der Waals surface area contributed by atoms with Gasteiger partial charge in [-0.2, -0.15) is 0 Å². The Bertz CT molecular complexity index is 481. The van der Waals surface area contributed by atoms with E-state index in [1.807, 2.05) is 6.92 Å². The van der Waals surface area contributed by atoms with Crippen LogP contribution >= 0.6 is 0 Å². The van der Waals surface area contributed by atoms with Gasteiger partial charge in [0.25, 0.3) is 0 Å². The number of nitrogens with one attached hydrogen (secondary N) is 1. The first-order valence-electron chi connectivity index (χ1n) is 5.81. The van der Waals surface area contributed by atoms with Crippen LogP contribution in [-0.4, -0.2) is 22.2 Å². The Morgan fingerprint density at radius 1 is 1.28 bits per heavy atom. The molecule has 0 saturated heterocycles. The first-order chi connectivity index (χ1) is 8.11. The lowest BCUT2D eigenvalue weighted by Crippen LogP contribution is -2.32. The molecule has 1 aromatic rings. The van der Waals surface area contributed by atoms with Crippen LogP contribution in [0, 0.1) is 13.8 Å². The zero-order chi connectivity index (χ0) is 14.1. The van der Waals surface area contributed by atoms with Gasteiger partial charge in [-0.05, 0) is 47.6 Å². The Morgan fingerprint density at radius 3 is 2.22 bits per heavy atom. The van der Waals surface area contributed by atoms with Gasteiger partial charge >= 0.3 is 6.09 Å². The highest BCUT2D eigenvalue weighted by atomic mass is 16.6. The van der Waals surface area contributed by atoms with Crippen molar-refractivity contribution in [2.24, 2.45) is 0 Å². The summed E-state index contributed by atoms with van der Waals surface area (Å²) in [5, 5.41) is 0. The maximum absolute atomic E-state index is 11.7. The molecule has 5 heteroatoms. The summed E-state index contributed by atoms with van der Waals surface area (Å²) in [7, 11) is 0. The molecule has 0 aromatic carbocycles. The van der Waals surface area contributed by atoms with E-state index in [2.05, 4.69) is 5.43 Å². The fourth-order valence-corrected chi connectivity index (χ4v) is 1.68. The van der Waals surface area contributed by atoms with Crippen molar-refractivity contribution in [1.82, 2.24) is 4.68 Å². The molecule has 18 heavy (non-hydrogen) atoms. The maximum Gasteiger partial charge on any atom is 0.426 e. The van der Waals surface area contributed by atoms with E-state index in [1.165, 1.54) is 6.92 Å². The third kappa shape index (κ3) is 3.35. The van der Waals surface area contributed by atoms with Crippen LogP contribution in [-0.2, 0) is 4.74 Å². The van der Waals surface area contributed by atoms with Crippen LogP contribution in [0.25, 0.3) is 0 Å². The van der Waals surface area contributed by atoms with Crippen molar-refractivity contribution in [3.8, 4) is 0 Å². The van der Waals surface area contributed by atoms with Gasteiger partial charge in [0.2, 0.25) is 0 Å². The van der Waals surface area contributed by atoms with Gasteiger partial charge in [-0.3, -0.25) is 9.47 Å². The molecule has 0 aliphatic carbocycles. The minimum atomic E-state index is -0.553. The van der Waals surface area contributed by atoms with Gasteiger partial charge in [-0.25, -0.2) is 10.2 Å². The summed E-state index contributed by atoms with van der Waals surface area (Å²) in [6, 6.07) is 1.75. The largest absolute Gasteiger partial charge is 0.443 e. The number of ether oxygens (including phenoxy) is 1. The molecule has 0 aliphatic rings. The molecule has 0 fully saturated rings. The molecular weight excluding hydrogens is 232 g/mol. The van der Waals surface area contributed by atoms with E-state index < -0.39 is 11.7 Å². The number of rotatable bonds is 2. The monoisotopic (exact) mass is 252 g/mol. The molecule has 1 rings (SSSR count). The predicted molar refractivity (Wildman–Crippen MR) is 69.5 cm³/mol. The van der Waals surface area contributed by atoms with Crippen LogP contribution in [0.5, 0.6) is 0 Å². The van der Waals surface area contributed by atoms with Gasteiger partial charge in [0.15, 0.2) is 5.78 Å². The molecule has 0 atom stereocenters. The van der Waals surface area contributed by atoms with Crippen molar-refractivity contribution in [3.63, 3.8) is 0 Å². The normalized spacial score (nSPS) is 11.2. The molecule has 0 spiro atoms. The molecule has 0 unspecified atom stereocenters. The van der Waals surface area contributed by atoms with E-state index in [0.717, 1.165) is 5.69 Å². The van der Waals surface area contributed by atoms with E-state index in [9.17, 15) is 9.59 Å². The Morgan fingerprint density at radius 2 is 1.83 bits per heavy atom. The third-order valence-electron chi connectivity index (χ3n) is 2.41. The summed E-state index contributed by atoms with van der Waals surface area (Å²) in [6.07, 6.45) is -0.542. The zero-order valence-electron chi connectivity index (χ0n) is 11.7. The molecule has 0 bridgehead atoms. The lowest BCUT2D eigenvalue weighted by molar-refractivity contribution is 0.0611. The number of nitrogens with zero attached hydrogens (tertiary/aromatic N) is 1. The summed E-state index contributed by atoms with van der Waals surface area (Å²) >= 11 is 0. The fraction of sp³-hybridized carbons (Fsp3) is 0.538. The number of hydrogen-bond acceptors (Lipinski definition) is 3. The molecule has 1 amide bonds. The summed E-state index contributed by atoms with van der Waals surface area (Å²) in [6.45, 7) is 10.5. The highest BCUT2D eigenvalue weighted by molar-refractivity contribution is 5.95. The number of ketones is 1. The maximum atomic E-state index is 11.7. The molecular formula is C13H20N2O3. The van der Waals surface area contributed by atoms with E-state index in [-0.39, 0.29) is 5.78 Å². The summed E-state index contributed by atoms with van der Waals surface area (Å²) < 4.78 is 6.73. The summed E-state index contributed by atoms with van der Waals surface area (Å²) in [5.41, 5.74) is 4.14. The van der Waals surface area contributed by atoms with Gasteiger partial charge in [0.05, 0.1) is 0 Å².